The van der Waals surface area contributed by atoms with Crippen molar-refractivity contribution in [1.29, 1.82) is 0 Å². The Balaban J connectivity index is 1.52. The molecule has 1 aromatic heterocycles. The van der Waals surface area contributed by atoms with Crippen molar-refractivity contribution in [3.63, 3.8) is 0 Å². The molecule has 168 valence electrons. The van der Waals surface area contributed by atoms with E-state index in [9.17, 15) is 14.7 Å². The number of rotatable bonds is 6. The van der Waals surface area contributed by atoms with Crippen LogP contribution in [0.3, 0.4) is 0 Å². The highest BCUT2D eigenvalue weighted by Crippen LogP contribution is 2.30. The molecule has 2 aliphatic rings. The molecule has 6 heteroatoms. The van der Waals surface area contributed by atoms with Gasteiger partial charge in [-0.25, -0.2) is 0 Å². The van der Waals surface area contributed by atoms with E-state index in [4.69, 9.17) is 0 Å². The fourth-order valence-corrected chi connectivity index (χ4v) is 5.10. The van der Waals surface area contributed by atoms with Gasteiger partial charge in [-0.1, -0.05) is 19.3 Å². The molecule has 3 rings (SSSR count). The summed E-state index contributed by atoms with van der Waals surface area (Å²) in [5, 5.41) is 13.8. The zero-order chi connectivity index (χ0) is 21.9. The van der Waals surface area contributed by atoms with Gasteiger partial charge in [-0.05, 0) is 84.0 Å². The standard InChI is InChI=1S/C24H39N3O3/c1-17(2)27-19(4)18(3)14-21(23(27)29)22(28)25-15-20-8-12-26(13-9-20)16-24(30)10-6-5-7-11-24/h14,17,20,30H,5-13,15-16H2,1-4H3,(H,25,28). The highest BCUT2D eigenvalue weighted by molar-refractivity contribution is 5.94. The Morgan fingerprint density at radius 1 is 1.20 bits per heavy atom. The summed E-state index contributed by atoms with van der Waals surface area (Å²) in [6.07, 6.45) is 7.39. The molecular formula is C24H39N3O3. The molecule has 1 saturated carbocycles. The lowest BCUT2D eigenvalue weighted by Crippen LogP contribution is -2.48. The molecule has 1 aromatic rings. The number of carbonyl (C=O) groups is 1. The Hall–Kier alpha value is -1.66. The number of aliphatic hydroxyl groups is 1. The number of β-amino-alcohol motifs (C(OH)–C–C–N with tert-alkyl or cyclic N) is 1. The van der Waals surface area contributed by atoms with E-state index in [1.807, 2.05) is 27.7 Å². The van der Waals surface area contributed by atoms with Crippen molar-refractivity contribution in [1.82, 2.24) is 14.8 Å². The van der Waals surface area contributed by atoms with Gasteiger partial charge in [-0.2, -0.15) is 0 Å². The third kappa shape index (κ3) is 5.33. The number of carbonyl (C=O) groups excluding carboxylic acids is 1. The van der Waals surface area contributed by atoms with Crippen LogP contribution in [0.1, 0.15) is 86.5 Å². The molecule has 0 unspecified atom stereocenters. The maximum Gasteiger partial charge on any atom is 0.263 e. The fourth-order valence-electron chi connectivity index (χ4n) is 5.10. The molecule has 2 heterocycles. The van der Waals surface area contributed by atoms with Crippen LogP contribution in [0, 0.1) is 19.8 Å². The van der Waals surface area contributed by atoms with E-state index in [0.29, 0.717) is 12.5 Å². The Morgan fingerprint density at radius 2 is 1.83 bits per heavy atom. The summed E-state index contributed by atoms with van der Waals surface area (Å²) in [6, 6.07) is 1.74. The smallest absolute Gasteiger partial charge is 0.263 e. The number of piperidine rings is 1. The summed E-state index contributed by atoms with van der Waals surface area (Å²) >= 11 is 0. The van der Waals surface area contributed by atoms with Crippen LogP contribution in [-0.4, -0.2) is 52.3 Å². The Bertz CT molecular complexity index is 801. The number of aromatic nitrogens is 1. The highest BCUT2D eigenvalue weighted by Gasteiger charge is 2.32. The zero-order valence-electron chi connectivity index (χ0n) is 19.2. The van der Waals surface area contributed by atoms with Crippen LogP contribution in [0.4, 0.5) is 0 Å². The summed E-state index contributed by atoms with van der Waals surface area (Å²) in [6.45, 7) is 11.1. The van der Waals surface area contributed by atoms with E-state index < -0.39 is 5.60 Å². The van der Waals surface area contributed by atoms with Crippen LogP contribution in [0.5, 0.6) is 0 Å². The van der Waals surface area contributed by atoms with E-state index in [0.717, 1.165) is 69.4 Å². The molecule has 6 nitrogen and oxygen atoms in total. The van der Waals surface area contributed by atoms with Gasteiger partial charge in [0.15, 0.2) is 0 Å². The lowest BCUT2D eigenvalue weighted by Gasteiger charge is -2.40. The van der Waals surface area contributed by atoms with Gasteiger partial charge in [0.1, 0.15) is 5.56 Å². The molecule has 0 atom stereocenters. The molecule has 1 aliphatic carbocycles. The van der Waals surface area contributed by atoms with E-state index in [1.54, 1.807) is 10.6 Å². The average molecular weight is 418 g/mol. The molecule has 0 aromatic carbocycles. The quantitative estimate of drug-likeness (QED) is 0.745. The second-order valence-corrected chi connectivity index (χ2v) is 9.81. The first kappa shape index (κ1) is 23.0. The molecule has 1 saturated heterocycles. The van der Waals surface area contributed by atoms with Gasteiger partial charge in [0, 0.05) is 24.8 Å². The largest absolute Gasteiger partial charge is 0.389 e. The minimum absolute atomic E-state index is 0.0206. The Labute approximate surface area is 180 Å². The molecular weight excluding hydrogens is 378 g/mol. The average Bonchev–Trinajstić information content (AvgIpc) is 2.70. The van der Waals surface area contributed by atoms with Crippen LogP contribution in [-0.2, 0) is 0 Å². The summed E-state index contributed by atoms with van der Waals surface area (Å²) in [5.41, 5.74) is 1.41. The third-order valence-electron chi connectivity index (χ3n) is 7.06. The Morgan fingerprint density at radius 3 is 2.43 bits per heavy atom. The maximum atomic E-state index is 12.8. The minimum Gasteiger partial charge on any atom is -0.389 e. The van der Waals surface area contributed by atoms with Gasteiger partial charge in [0.05, 0.1) is 5.60 Å². The zero-order valence-corrected chi connectivity index (χ0v) is 19.2. The number of nitrogens with zero attached hydrogens (tertiary/aromatic N) is 2. The van der Waals surface area contributed by atoms with Crippen molar-refractivity contribution in [2.24, 2.45) is 5.92 Å². The molecule has 0 radical (unpaired) electrons. The van der Waals surface area contributed by atoms with Gasteiger partial charge in [-0.15, -0.1) is 0 Å². The molecule has 0 bridgehead atoms. The van der Waals surface area contributed by atoms with Gasteiger partial charge >= 0.3 is 0 Å². The first-order chi connectivity index (χ1) is 14.2. The van der Waals surface area contributed by atoms with Gasteiger partial charge in [-0.3, -0.25) is 9.59 Å². The maximum absolute atomic E-state index is 12.8. The number of hydrogen-bond donors (Lipinski definition) is 2. The summed E-state index contributed by atoms with van der Waals surface area (Å²) in [5.74, 6) is 0.154. The predicted octanol–water partition coefficient (Wildman–Crippen LogP) is 3.18. The summed E-state index contributed by atoms with van der Waals surface area (Å²) < 4.78 is 1.71. The predicted molar refractivity (Wildman–Crippen MR) is 120 cm³/mol. The number of amides is 1. The summed E-state index contributed by atoms with van der Waals surface area (Å²) in [7, 11) is 0. The molecule has 1 aliphatic heterocycles. The van der Waals surface area contributed by atoms with E-state index in [-0.39, 0.29) is 23.1 Å². The van der Waals surface area contributed by atoms with Gasteiger partial charge in [0.25, 0.3) is 11.5 Å². The molecule has 1 amide bonds. The number of hydrogen-bond acceptors (Lipinski definition) is 4. The first-order valence-electron chi connectivity index (χ1n) is 11.7. The number of aryl methyl sites for hydroxylation is 1. The van der Waals surface area contributed by atoms with Gasteiger partial charge < -0.3 is 19.9 Å². The van der Waals surface area contributed by atoms with Crippen LogP contribution in [0.25, 0.3) is 0 Å². The summed E-state index contributed by atoms with van der Waals surface area (Å²) in [4.78, 5) is 27.9. The molecule has 30 heavy (non-hydrogen) atoms. The van der Waals surface area contributed by atoms with Crippen LogP contribution in [0.15, 0.2) is 10.9 Å². The number of nitrogens with one attached hydrogen (secondary N) is 1. The van der Waals surface area contributed by atoms with Gasteiger partial charge in [0.2, 0.25) is 0 Å². The molecule has 2 fully saturated rings. The topological polar surface area (TPSA) is 74.6 Å². The Kier molecular flexibility index (Phi) is 7.40. The first-order valence-corrected chi connectivity index (χ1v) is 11.7. The lowest BCUT2D eigenvalue weighted by atomic mass is 9.84. The van der Waals surface area contributed by atoms with Crippen molar-refractivity contribution < 1.29 is 9.90 Å². The van der Waals surface area contributed by atoms with E-state index in [2.05, 4.69) is 10.2 Å². The minimum atomic E-state index is -0.501. The van der Waals surface area contributed by atoms with Crippen molar-refractivity contribution in [3.05, 3.63) is 33.2 Å². The van der Waals surface area contributed by atoms with Crippen LogP contribution >= 0.6 is 0 Å². The second-order valence-electron chi connectivity index (χ2n) is 9.81. The fraction of sp³-hybridized carbons (Fsp3) is 0.750. The SMILES string of the molecule is Cc1cc(C(=O)NCC2CCN(CC3(O)CCCCC3)CC2)c(=O)n(C(C)C)c1C. The van der Waals surface area contributed by atoms with Crippen molar-refractivity contribution in [3.8, 4) is 0 Å². The normalized spacial score (nSPS) is 20.5. The highest BCUT2D eigenvalue weighted by atomic mass is 16.3. The number of likely N-dealkylation sites (tertiary alicyclic amines) is 1. The van der Waals surface area contributed by atoms with E-state index in [1.165, 1.54) is 6.42 Å². The second kappa shape index (κ2) is 9.65. The van der Waals surface area contributed by atoms with E-state index >= 15 is 0 Å². The van der Waals surface area contributed by atoms with Crippen LogP contribution in [0.2, 0.25) is 0 Å². The molecule has 2 N–H and O–H groups in total. The lowest BCUT2D eigenvalue weighted by molar-refractivity contribution is -0.0325. The molecule has 0 spiro atoms. The van der Waals surface area contributed by atoms with Crippen LogP contribution < -0.4 is 10.9 Å². The number of pyridine rings is 1. The third-order valence-corrected chi connectivity index (χ3v) is 7.06. The van der Waals surface area contributed by atoms with Crippen molar-refractivity contribution in [2.45, 2.75) is 84.3 Å². The van der Waals surface area contributed by atoms with Crippen molar-refractivity contribution in [2.75, 3.05) is 26.2 Å². The van der Waals surface area contributed by atoms with Crippen molar-refractivity contribution >= 4 is 5.91 Å². The monoisotopic (exact) mass is 417 g/mol.